The maximum absolute atomic E-state index is 13.5. The first-order valence-electron chi connectivity index (χ1n) is 5.98. The third-order valence-electron chi connectivity index (χ3n) is 2.98. The van der Waals surface area contributed by atoms with Crippen molar-refractivity contribution in [3.05, 3.63) is 68.9 Å². The molecular formula is C15H13FN2O. The van der Waals surface area contributed by atoms with Crippen molar-refractivity contribution in [2.75, 3.05) is 0 Å². The van der Waals surface area contributed by atoms with Crippen molar-refractivity contribution in [3.8, 4) is 6.07 Å². The fourth-order valence-electron chi connectivity index (χ4n) is 2.05. The Kier molecular flexibility index (Phi) is 3.76. The normalized spacial score (nSPS) is 10.2. The van der Waals surface area contributed by atoms with E-state index in [2.05, 4.69) is 4.98 Å². The minimum Gasteiger partial charge on any atom is -0.325 e. The minimum atomic E-state index is -0.383. The molecule has 0 aliphatic rings. The Morgan fingerprint density at radius 1 is 1.26 bits per heavy atom. The molecule has 0 amide bonds. The molecule has 96 valence electrons. The maximum Gasteiger partial charge on any atom is 0.266 e. The highest BCUT2D eigenvalue weighted by Gasteiger charge is 2.09. The van der Waals surface area contributed by atoms with Crippen molar-refractivity contribution in [2.24, 2.45) is 0 Å². The van der Waals surface area contributed by atoms with Crippen molar-refractivity contribution in [1.82, 2.24) is 4.98 Å². The Morgan fingerprint density at radius 3 is 2.63 bits per heavy atom. The number of benzene rings is 1. The van der Waals surface area contributed by atoms with Gasteiger partial charge in [-0.05, 0) is 43.0 Å². The van der Waals surface area contributed by atoms with E-state index in [1.807, 2.05) is 6.07 Å². The van der Waals surface area contributed by atoms with Crippen molar-refractivity contribution in [2.45, 2.75) is 19.8 Å². The first-order valence-corrected chi connectivity index (χ1v) is 5.98. The number of nitriles is 1. The highest BCUT2D eigenvalue weighted by molar-refractivity contribution is 5.37. The van der Waals surface area contributed by atoms with E-state index in [4.69, 9.17) is 5.26 Å². The van der Waals surface area contributed by atoms with Crippen molar-refractivity contribution >= 4 is 0 Å². The van der Waals surface area contributed by atoms with Crippen LogP contribution in [-0.4, -0.2) is 4.98 Å². The summed E-state index contributed by atoms with van der Waals surface area (Å²) in [5, 5.41) is 9.00. The van der Waals surface area contributed by atoms with E-state index in [-0.39, 0.29) is 16.9 Å². The third kappa shape index (κ3) is 2.89. The summed E-state index contributed by atoms with van der Waals surface area (Å²) in [5.41, 5.74) is 1.68. The molecule has 1 N–H and O–H groups in total. The van der Waals surface area contributed by atoms with Crippen LogP contribution in [0.4, 0.5) is 4.39 Å². The quantitative estimate of drug-likeness (QED) is 0.917. The largest absolute Gasteiger partial charge is 0.325 e. The van der Waals surface area contributed by atoms with Gasteiger partial charge in [-0.3, -0.25) is 4.79 Å². The molecule has 2 aromatic rings. The first kappa shape index (κ1) is 13.0. The number of nitrogens with zero attached hydrogens (tertiary/aromatic N) is 1. The molecule has 0 atom stereocenters. The van der Waals surface area contributed by atoms with Gasteiger partial charge in [-0.2, -0.15) is 5.26 Å². The monoisotopic (exact) mass is 256 g/mol. The number of aromatic nitrogens is 1. The lowest BCUT2D eigenvalue weighted by atomic mass is 10.0. The Hall–Kier alpha value is -2.41. The highest BCUT2D eigenvalue weighted by atomic mass is 19.1. The molecule has 0 aliphatic carbocycles. The minimum absolute atomic E-state index is 0.113. The standard InChI is InChI=1S/C15H13FN2O/c1-10-8-12(13(9-17)15(19)18-10)7-6-11-4-2-3-5-14(11)16/h2-5,8H,6-7H2,1H3,(H,18,19). The van der Waals surface area contributed by atoms with Crippen molar-refractivity contribution < 1.29 is 4.39 Å². The van der Waals surface area contributed by atoms with Crippen molar-refractivity contribution in [3.63, 3.8) is 0 Å². The van der Waals surface area contributed by atoms with Crippen LogP contribution in [0.3, 0.4) is 0 Å². The van der Waals surface area contributed by atoms with E-state index in [0.717, 1.165) is 0 Å². The Morgan fingerprint density at radius 2 is 1.95 bits per heavy atom. The molecule has 0 saturated carbocycles. The number of halogens is 1. The van der Waals surface area contributed by atoms with Gasteiger partial charge in [0.2, 0.25) is 0 Å². The summed E-state index contributed by atoms with van der Waals surface area (Å²) >= 11 is 0. The third-order valence-corrected chi connectivity index (χ3v) is 2.98. The van der Waals surface area contributed by atoms with Crippen LogP contribution in [0, 0.1) is 24.1 Å². The zero-order chi connectivity index (χ0) is 13.8. The smallest absolute Gasteiger partial charge is 0.266 e. The van der Waals surface area contributed by atoms with E-state index in [1.165, 1.54) is 6.07 Å². The molecule has 2 rings (SSSR count). The number of nitrogens with one attached hydrogen (secondary N) is 1. The molecule has 1 aromatic heterocycles. The number of hydrogen-bond acceptors (Lipinski definition) is 2. The summed E-state index contributed by atoms with van der Waals surface area (Å²) in [7, 11) is 0. The predicted octanol–water partition coefficient (Wildman–Crippen LogP) is 2.48. The lowest BCUT2D eigenvalue weighted by molar-refractivity contribution is 0.608. The molecular weight excluding hydrogens is 243 g/mol. The van der Waals surface area contributed by atoms with Crippen LogP contribution in [0.2, 0.25) is 0 Å². The lowest BCUT2D eigenvalue weighted by Gasteiger charge is -2.06. The van der Waals surface area contributed by atoms with Gasteiger partial charge in [0.15, 0.2) is 0 Å². The van der Waals surface area contributed by atoms with Gasteiger partial charge < -0.3 is 4.98 Å². The van der Waals surface area contributed by atoms with Gasteiger partial charge in [0.05, 0.1) is 0 Å². The van der Waals surface area contributed by atoms with E-state index < -0.39 is 0 Å². The van der Waals surface area contributed by atoms with Crippen LogP contribution in [0.15, 0.2) is 35.1 Å². The van der Waals surface area contributed by atoms with Crippen LogP contribution in [0.1, 0.15) is 22.4 Å². The van der Waals surface area contributed by atoms with Crippen LogP contribution < -0.4 is 5.56 Å². The van der Waals surface area contributed by atoms with Gasteiger partial charge in [0, 0.05) is 5.69 Å². The number of hydrogen-bond donors (Lipinski definition) is 1. The maximum atomic E-state index is 13.5. The van der Waals surface area contributed by atoms with Crippen LogP contribution in [0.25, 0.3) is 0 Å². The zero-order valence-electron chi connectivity index (χ0n) is 10.5. The Labute approximate surface area is 110 Å². The van der Waals surface area contributed by atoms with E-state index in [0.29, 0.717) is 29.7 Å². The molecule has 0 aliphatic heterocycles. The van der Waals surface area contributed by atoms with Crippen LogP contribution in [0.5, 0.6) is 0 Å². The fraction of sp³-hybridized carbons (Fsp3) is 0.200. The zero-order valence-corrected chi connectivity index (χ0v) is 10.5. The molecule has 0 unspecified atom stereocenters. The fourth-order valence-corrected chi connectivity index (χ4v) is 2.05. The summed E-state index contributed by atoms with van der Waals surface area (Å²) < 4.78 is 13.5. The summed E-state index contributed by atoms with van der Waals surface area (Å²) in [5.74, 6) is -0.262. The van der Waals surface area contributed by atoms with E-state index in [1.54, 1.807) is 31.2 Å². The molecule has 0 spiro atoms. The average Bonchev–Trinajstić information content (AvgIpc) is 2.37. The molecule has 1 heterocycles. The van der Waals surface area contributed by atoms with Crippen LogP contribution in [-0.2, 0) is 12.8 Å². The number of pyridine rings is 1. The number of aromatic amines is 1. The van der Waals surface area contributed by atoms with Gasteiger partial charge in [0.1, 0.15) is 17.4 Å². The van der Waals surface area contributed by atoms with Crippen LogP contribution >= 0.6 is 0 Å². The summed E-state index contributed by atoms with van der Waals surface area (Å²) in [6.45, 7) is 1.76. The molecule has 0 fully saturated rings. The lowest BCUT2D eigenvalue weighted by Crippen LogP contribution is -2.15. The van der Waals surface area contributed by atoms with Gasteiger partial charge in [-0.25, -0.2) is 4.39 Å². The molecule has 4 heteroatoms. The molecule has 0 bridgehead atoms. The SMILES string of the molecule is Cc1cc(CCc2ccccc2F)c(C#N)c(=O)[nH]1. The molecule has 1 aromatic carbocycles. The Balaban J connectivity index is 2.28. The number of H-pyrrole nitrogens is 1. The Bertz CT molecular complexity index is 698. The van der Waals surface area contributed by atoms with Crippen molar-refractivity contribution in [1.29, 1.82) is 5.26 Å². The van der Waals surface area contributed by atoms with Gasteiger partial charge in [0.25, 0.3) is 5.56 Å². The second-order valence-electron chi connectivity index (χ2n) is 4.38. The van der Waals surface area contributed by atoms with E-state index in [9.17, 15) is 9.18 Å². The molecule has 0 radical (unpaired) electrons. The second-order valence-corrected chi connectivity index (χ2v) is 4.38. The second kappa shape index (κ2) is 5.49. The molecule has 19 heavy (non-hydrogen) atoms. The highest BCUT2D eigenvalue weighted by Crippen LogP contribution is 2.12. The summed E-state index contributed by atoms with van der Waals surface area (Å²) in [4.78, 5) is 14.2. The van der Waals surface area contributed by atoms with Gasteiger partial charge in [-0.1, -0.05) is 18.2 Å². The number of aryl methyl sites for hydroxylation is 3. The van der Waals surface area contributed by atoms with E-state index >= 15 is 0 Å². The first-order chi connectivity index (χ1) is 9.11. The topological polar surface area (TPSA) is 56.6 Å². The van der Waals surface area contributed by atoms with Gasteiger partial charge in [-0.15, -0.1) is 0 Å². The van der Waals surface area contributed by atoms with Gasteiger partial charge >= 0.3 is 0 Å². The molecule has 0 saturated heterocycles. The summed E-state index contributed by atoms with van der Waals surface area (Å²) in [6.07, 6.45) is 0.929. The number of rotatable bonds is 3. The predicted molar refractivity (Wildman–Crippen MR) is 70.3 cm³/mol. The average molecular weight is 256 g/mol. The molecule has 3 nitrogen and oxygen atoms in total. The summed E-state index contributed by atoms with van der Waals surface area (Å²) in [6, 6.07) is 10.2.